The maximum atomic E-state index is 5.61. The summed E-state index contributed by atoms with van der Waals surface area (Å²) in [6, 6.07) is 21.0. The fourth-order valence-corrected chi connectivity index (χ4v) is 3.54. The molecule has 0 aromatic heterocycles. The predicted molar refractivity (Wildman–Crippen MR) is 112 cm³/mol. The van der Waals surface area contributed by atoms with Crippen molar-refractivity contribution in [1.29, 1.82) is 0 Å². The normalized spacial score (nSPS) is 12.3. The van der Waals surface area contributed by atoms with E-state index in [0.29, 0.717) is 0 Å². The van der Waals surface area contributed by atoms with Gasteiger partial charge in [-0.15, -0.1) is 0 Å². The standard InChI is InChI=1S/C23H28N2O2/c1-25(2)21(19-11-7-8-12-22(19)26-3)16-24-15-20-18-10-6-5-9-17(18)13-14-23(20)27-4/h5-14,21,24H,15-16H2,1-4H3/t21-/m0/s1. The number of likely N-dealkylation sites (N-methyl/N-ethyl adjacent to an activating group) is 1. The molecule has 3 aromatic rings. The van der Waals surface area contributed by atoms with Gasteiger partial charge in [-0.25, -0.2) is 0 Å². The summed E-state index contributed by atoms with van der Waals surface area (Å²) in [4.78, 5) is 2.21. The molecule has 4 nitrogen and oxygen atoms in total. The third kappa shape index (κ3) is 4.24. The summed E-state index contributed by atoms with van der Waals surface area (Å²) in [5, 5.41) is 6.07. The van der Waals surface area contributed by atoms with E-state index in [2.05, 4.69) is 66.8 Å². The molecule has 0 fully saturated rings. The SMILES string of the molecule is COc1ccccc1[C@H](CNCc1c(OC)ccc2ccccc12)N(C)C. The number of benzene rings is 3. The maximum absolute atomic E-state index is 5.61. The number of hydrogen-bond donors (Lipinski definition) is 1. The van der Waals surface area contributed by atoms with E-state index in [4.69, 9.17) is 9.47 Å². The minimum absolute atomic E-state index is 0.210. The second-order valence-electron chi connectivity index (χ2n) is 6.82. The van der Waals surface area contributed by atoms with E-state index in [0.717, 1.165) is 24.6 Å². The number of nitrogens with one attached hydrogen (secondary N) is 1. The highest BCUT2D eigenvalue weighted by Crippen LogP contribution is 2.29. The molecular formula is C23H28N2O2. The van der Waals surface area contributed by atoms with Crippen LogP contribution in [0.3, 0.4) is 0 Å². The smallest absolute Gasteiger partial charge is 0.123 e. The van der Waals surface area contributed by atoms with Gasteiger partial charge in [-0.05, 0) is 37.0 Å². The van der Waals surface area contributed by atoms with Crippen molar-refractivity contribution >= 4 is 10.8 Å². The summed E-state index contributed by atoms with van der Waals surface area (Å²) >= 11 is 0. The third-order valence-electron chi connectivity index (χ3n) is 4.98. The van der Waals surface area contributed by atoms with E-state index in [9.17, 15) is 0 Å². The van der Waals surface area contributed by atoms with Gasteiger partial charge in [-0.1, -0.05) is 48.5 Å². The van der Waals surface area contributed by atoms with Crippen LogP contribution in [-0.4, -0.2) is 39.8 Å². The molecule has 0 aliphatic carbocycles. The Bertz CT molecular complexity index is 892. The molecule has 1 atom stereocenters. The fourth-order valence-electron chi connectivity index (χ4n) is 3.54. The van der Waals surface area contributed by atoms with E-state index in [-0.39, 0.29) is 6.04 Å². The van der Waals surface area contributed by atoms with Crippen molar-refractivity contribution in [2.45, 2.75) is 12.6 Å². The molecule has 0 aliphatic heterocycles. The van der Waals surface area contributed by atoms with Crippen LogP contribution in [0.5, 0.6) is 11.5 Å². The summed E-state index contributed by atoms with van der Waals surface area (Å²) in [5.41, 5.74) is 2.37. The van der Waals surface area contributed by atoms with E-state index < -0.39 is 0 Å². The lowest BCUT2D eigenvalue weighted by atomic mass is 10.0. The molecule has 0 spiro atoms. The highest BCUT2D eigenvalue weighted by molar-refractivity contribution is 5.87. The Morgan fingerprint density at radius 3 is 2.30 bits per heavy atom. The lowest BCUT2D eigenvalue weighted by Crippen LogP contribution is -2.31. The Balaban J connectivity index is 1.81. The lowest BCUT2D eigenvalue weighted by Gasteiger charge is -2.27. The molecule has 0 unspecified atom stereocenters. The van der Waals surface area contributed by atoms with Crippen molar-refractivity contribution in [2.24, 2.45) is 0 Å². The molecule has 0 radical (unpaired) electrons. The van der Waals surface area contributed by atoms with Gasteiger partial charge >= 0.3 is 0 Å². The molecule has 3 aromatic carbocycles. The van der Waals surface area contributed by atoms with Crippen LogP contribution >= 0.6 is 0 Å². The van der Waals surface area contributed by atoms with Crippen molar-refractivity contribution in [1.82, 2.24) is 10.2 Å². The van der Waals surface area contributed by atoms with Crippen molar-refractivity contribution in [2.75, 3.05) is 34.9 Å². The Morgan fingerprint density at radius 1 is 0.852 bits per heavy atom. The van der Waals surface area contributed by atoms with E-state index in [1.54, 1.807) is 14.2 Å². The van der Waals surface area contributed by atoms with Gasteiger partial charge in [0.05, 0.1) is 20.3 Å². The number of rotatable bonds is 8. The van der Waals surface area contributed by atoms with Gasteiger partial charge in [-0.2, -0.15) is 0 Å². The van der Waals surface area contributed by atoms with Crippen LogP contribution in [0.2, 0.25) is 0 Å². The van der Waals surface area contributed by atoms with Crippen LogP contribution in [0.25, 0.3) is 10.8 Å². The Hall–Kier alpha value is -2.56. The van der Waals surface area contributed by atoms with Crippen LogP contribution in [0, 0.1) is 0 Å². The van der Waals surface area contributed by atoms with E-state index in [1.807, 2.05) is 18.2 Å². The minimum atomic E-state index is 0.210. The molecule has 4 heteroatoms. The van der Waals surface area contributed by atoms with Crippen LogP contribution < -0.4 is 14.8 Å². The van der Waals surface area contributed by atoms with Gasteiger partial charge in [0.1, 0.15) is 11.5 Å². The van der Waals surface area contributed by atoms with Gasteiger partial charge in [0.25, 0.3) is 0 Å². The van der Waals surface area contributed by atoms with Crippen LogP contribution in [0.15, 0.2) is 60.7 Å². The van der Waals surface area contributed by atoms with Crippen molar-refractivity contribution < 1.29 is 9.47 Å². The molecule has 0 aliphatic rings. The Kier molecular flexibility index (Phi) is 6.32. The monoisotopic (exact) mass is 364 g/mol. The summed E-state index contributed by atoms with van der Waals surface area (Å²) < 4.78 is 11.2. The quantitative estimate of drug-likeness (QED) is 0.648. The van der Waals surface area contributed by atoms with Gasteiger partial charge in [0.2, 0.25) is 0 Å². The molecule has 0 heterocycles. The average Bonchev–Trinajstić information content (AvgIpc) is 2.70. The van der Waals surface area contributed by atoms with Crippen LogP contribution in [0.4, 0.5) is 0 Å². The van der Waals surface area contributed by atoms with Gasteiger partial charge in [0.15, 0.2) is 0 Å². The number of fused-ring (bicyclic) bond motifs is 1. The first-order valence-corrected chi connectivity index (χ1v) is 9.20. The number of methoxy groups -OCH3 is 2. The van der Waals surface area contributed by atoms with E-state index >= 15 is 0 Å². The largest absolute Gasteiger partial charge is 0.496 e. The molecule has 142 valence electrons. The first-order chi connectivity index (χ1) is 13.2. The van der Waals surface area contributed by atoms with Gasteiger partial charge < -0.3 is 19.7 Å². The molecule has 0 bridgehead atoms. The summed E-state index contributed by atoms with van der Waals surface area (Å²) in [7, 11) is 7.64. The first-order valence-electron chi connectivity index (χ1n) is 9.20. The maximum Gasteiger partial charge on any atom is 0.123 e. The first kappa shape index (κ1) is 19.2. The topological polar surface area (TPSA) is 33.7 Å². The van der Waals surface area contributed by atoms with Crippen LogP contribution in [-0.2, 0) is 6.54 Å². The van der Waals surface area contributed by atoms with E-state index in [1.165, 1.54) is 21.9 Å². The van der Waals surface area contributed by atoms with Gasteiger partial charge in [0, 0.05) is 24.2 Å². The third-order valence-corrected chi connectivity index (χ3v) is 4.98. The molecule has 3 rings (SSSR count). The average molecular weight is 364 g/mol. The molecule has 1 N–H and O–H groups in total. The zero-order chi connectivity index (χ0) is 19.2. The second kappa shape index (κ2) is 8.89. The van der Waals surface area contributed by atoms with Crippen molar-refractivity contribution in [3.63, 3.8) is 0 Å². The van der Waals surface area contributed by atoms with Crippen LogP contribution in [0.1, 0.15) is 17.2 Å². The number of nitrogens with zero attached hydrogens (tertiary/aromatic N) is 1. The fraction of sp³-hybridized carbons (Fsp3) is 0.304. The molecular weight excluding hydrogens is 336 g/mol. The van der Waals surface area contributed by atoms with Crippen molar-refractivity contribution in [3.8, 4) is 11.5 Å². The van der Waals surface area contributed by atoms with Crippen molar-refractivity contribution in [3.05, 3.63) is 71.8 Å². The summed E-state index contributed by atoms with van der Waals surface area (Å²) in [6.07, 6.45) is 0. The highest BCUT2D eigenvalue weighted by Gasteiger charge is 2.18. The molecule has 0 amide bonds. The Labute approximate surface area is 161 Å². The lowest BCUT2D eigenvalue weighted by molar-refractivity contribution is 0.278. The molecule has 0 saturated heterocycles. The molecule has 0 saturated carbocycles. The summed E-state index contributed by atoms with van der Waals surface area (Å²) in [6.45, 7) is 1.55. The number of hydrogen-bond acceptors (Lipinski definition) is 4. The second-order valence-corrected chi connectivity index (χ2v) is 6.82. The zero-order valence-electron chi connectivity index (χ0n) is 16.5. The minimum Gasteiger partial charge on any atom is -0.496 e. The number of ether oxygens (including phenoxy) is 2. The number of para-hydroxylation sites is 1. The predicted octanol–water partition coefficient (Wildman–Crippen LogP) is 4.25. The van der Waals surface area contributed by atoms with Gasteiger partial charge in [-0.3, -0.25) is 0 Å². The highest BCUT2D eigenvalue weighted by atomic mass is 16.5. The Morgan fingerprint density at radius 2 is 1.56 bits per heavy atom. The zero-order valence-corrected chi connectivity index (χ0v) is 16.5. The molecule has 27 heavy (non-hydrogen) atoms. The summed E-state index contributed by atoms with van der Waals surface area (Å²) in [5.74, 6) is 1.83.